The third-order valence-electron chi connectivity index (χ3n) is 5.15. The maximum absolute atomic E-state index is 13.3. The number of nitrogens with one attached hydrogen (secondary N) is 1. The Hall–Kier alpha value is -3.82. The molecular weight excluding hydrogens is 436 g/mol. The second-order valence-corrected chi connectivity index (χ2v) is 7.25. The third-order valence-corrected chi connectivity index (χ3v) is 5.15. The van der Waals surface area contributed by atoms with E-state index in [0.717, 1.165) is 23.0 Å². The van der Waals surface area contributed by atoms with Gasteiger partial charge in [0.05, 0.1) is 30.5 Å². The zero-order valence-electron chi connectivity index (χ0n) is 16.4. The summed E-state index contributed by atoms with van der Waals surface area (Å²) in [5.41, 5.74) is 5.50. The van der Waals surface area contributed by atoms with Gasteiger partial charge in [0.1, 0.15) is 11.4 Å². The normalized spacial score (nSPS) is 21.1. The molecular formula is C19H18F4N6O3. The number of nitrogens with two attached hydrogens (primary N) is 1. The summed E-state index contributed by atoms with van der Waals surface area (Å²) in [5, 5.41) is 25.8. The third kappa shape index (κ3) is 4.90. The molecule has 1 aliphatic heterocycles. The molecule has 1 fully saturated rings. The Kier molecular flexibility index (Phi) is 6.24. The smallest absolute Gasteiger partial charge is 0.407 e. The Labute approximate surface area is 179 Å². The van der Waals surface area contributed by atoms with E-state index in [1.165, 1.54) is 12.1 Å². The molecule has 2 amide bonds. The Morgan fingerprint density at radius 2 is 1.97 bits per heavy atom. The Morgan fingerprint density at radius 1 is 1.31 bits per heavy atom. The quantitative estimate of drug-likeness (QED) is 0.593. The minimum absolute atomic E-state index is 0.0195. The lowest BCUT2D eigenvalue weighted by Gasteiger charge is -2.42. The van der Waals surface area contributed by atoms with E-state index >= 15 is 0 Å². The number of amides is 2. The zero-order chi connectivity index (χ0) is 23.6. The molecule has 0 radical (unpaired) electrons. The molecule has 0 spiro atoms. The summed E-state index contributed by atoms with van der Waals surface area (Å²) in [6, 6.07) is 3.91. The van der Waals surface area contributed by atoms with Crippen molar-refractivity contribution in [3.8, 4) is 6.07 Å². The van der Waals surface area contributed by atoms with Crippen molar-refractivity contribution in [2.45, 2.75) is 31.1 Å². The molecule has 0 saturated carbocycles. The SMILES string of the molecule is N#C[C@@H]1CCN(C(=O)O)C(CC(F)(F)F)[C@H]1n1cc(C(N)=O)c(Nc2ccc(F)cc2)n1. The fraction of sp³-hybridized carbons (Fsp3) is 0.368. The van der Waals surface area contributed by atoms with Gasteiger partial charge in [0.15, 0.2) is 5.82 Å². The Morgan fingerprint density at radius 3 is 2.50 bits per heavy atom. The van der Waals surface area contributed by atoms with Crippen LogP contribution in [0.5, 0.6) is 0 Å². The number of anilines is 2. The van der Waals surface area contributed by atoms with E-state index in [2.05, 4.69) is 10.4 Å². The first-order valence-electron chi connectivity index (χ1n) is 9.37. The van der Waals surface area contributed by atoms with Crippen LogP contribution in [-0.2, 0) is 0 Å². The van der Waals surface area contributed by atoms with Crippen molar-refractivity contribution < 1.29 is 32.3 Å². The van der Waals surface area contributed by atoms with Gasteiger partial charge in [-0.2, -0.15) is 23.5 Å². The number of nitrogens with zero attached hydrogens (tertiary/aromatic N) is 4. The highest BCUT2D eigenvalue weighted by atomic mass is 19.4. The summed E-state index contributed by atoms with van der Waals surface area (Å²) in [4.78, 5) is 24.1. The first-order valence-corrected chi connectivity index (χ1v) is 9.37. The number of rotatable bonds is 5. The minimum Gasteiger partial charge on any atom is -0.465 e. The molecule has 3 rings (SSSR count). The Bertz CT molecular complexity index is 1050. The van der Waals surface area contributed by atoms with Crippen molar-refractivity contribution in [2.75, 3.05) is 11.9 Å². The van der Waals surface area contributed by atoms with E-state index in [9.17, 15) is 37.5 Å². The van der Waals surface area contributed by atoms with Gasteiger partial charge in [-0.05, 0) is 30.7 Å². The number of primary amides is 1. The summed E-state index contributed by atoms with van der Waals surface area (Å²) in [7, 11) is 0. The molecule has 13 heteroatoms. The monoisotopic (exact) mass is 454 g/mol. The number of carbonyl (C=O) groups excluding carboxylic acids is 1. The second-order valence-electron chi connectivity index (χ2n) is 7.25. The van der Waals surface area contributed by atoms with Crippen LogP contribution in [0.4, 0.5) is 33.9 Å². The van der Waals surface area contributed by atoms with E-state index in [4.69, 9.17) is 5.73 Å². The summed E-state index contributed by atoms with van der Waals surface area (Å²) >= 11 is 0. The molecule has 1 unspecified atom stereocenters. The van der Waals surface area contributed by atoms with Crippen molar-refractivity contribution >= 4 is 23.5 Å². The highest BCUT2D eigenvalue weighted by Crippen LogP contribution is 2.39. The number of carboxylic acid groups (broad SMARTS) is 1. The standard InChI is InChI=1S/C19H18F4N6O3/c20-11-1-3-12(4-2-11)26-17-13(16(25)30)9-29(27-17)15-10(8-24)5-6-28(18(31)32)14(15)7-19(21,22)23/h1-4,9-10,14-15H,5-7H2,(H2,25,30)(H,26,27)(H,31,32)/t10-,14?,15-/m0/s1. The van der Waals surface area contributed by atoms with Crippen LogP contribution in [0, 0.1) is 23.1 Å². The van der Waals surface area contributed by atoms with Crippen LogP contribution >= 0.6 is 0 Å². The summed E-state index contributed by atoms with van der Waals surface area (Å²) in [6.07, 6.45) is -6.73. The van der Waals surface area contributed by atoms with E-state index < -0.39 is 48.4 Å². The number of carbonyl (C=O) groups is 2. The van der Waals surface area contributed by atoms with Gasteiger partial charge in [-0.25, -0.2) is 9.18 Å². The Balaban J connectivity index is 2.06. The van der Waals surface area contributed by atoms with Crippen LogP contribution in [-0.4, -0.2) is 50.6 Å². The average molecular weight is 454 g/mol. The summed E-state index contributed by atoms with van der Waals surface area (Å²) in [5.74, 6) is -2.59. The molecule has 2 aromatic rings. The van der Waals surface area contributed by atoms with E-state index in [1.807, 2.05) is 6.07 Å². The number of aromatic nitrogens is 2. The predicted molar refractivity (Wildman–Crippen MR) is 102 cm³/mol. The van der Waals surface area contributed by atoms with Gasteiger partial charge in [-0.15, -0.1) is 0 Å². The molecule has 1 aromatic heterocycles. The predicted octanol–water partition coefficient (Wildman–Crippen LogP) is 3.25. The lowest BCUT2D eigenvalue weighted by atomic mass is 9.85. The van der Waals surface area contributed by atoms with Crippen molar-refractivity contribution in [3.63, 3.8) is 0 Å². The van der Waals surface area contributed by atoms with E-state index in [0.29, 0.717) is 10.6 Å². The van der Waals surface area contributed by atoms with Crippen molar-refractivity contribution in [1.29, 1.82) is 5.26 Å². The number of likely N-dealkylation sites (tertiary alicyclic amines) is 1. The molecule has 1 saturated heterocycles. The number of alkyl halides is 3. The largest absolute Gasteiger partial charge is 0.465 e. The molecule has 0 aliphatic carbocycles. The molecule has 1 aromatic carbocycles. The molecule has 170 valence electrons. The van der Waals surface area contributed by atoms with Gasteiger partial charge in [-0.3, -0.25) is 9.48 Å². The lowest BCUT2D eigenvalue weighted by molar-refractivity contribution is -0.153. The van der Waals surface area contributed by atoms with Gasteiger partial charge >= 0.3 is 12.3 Å². The van der Waals surface area contributed by atoms with Crippen molar-refractivity contribution in [1.82, 2.24) is 14.7 Å². The van der Waals surface area contributed by atoms with E-state index in [1.54, 1.807) is 0 Å². The molecule has 32 heavy (non-hydrogen) atoms. The molecule has 1 aliphatic rings. The average Bonchev–Trinajstić information content (AvgIpc) is 3.11. The van der Waals surface area contributed by atoms with Crippen molar-refractivity contribution in [3.05, 3.63) is 41.8 Å². The van der Waals surface area contributed by atoms with Crippen LogP contribution in [0.2, 0.25) is 0 Å². The maximum Gasteiger partial charge on any atom is 0.407 e. The summed E-state index contributed by atoms with van der Waals surface area (Å²) in [6.45, 7) is -0.255. The van der Waals surface area contributed by atoms with Gasteiger partial charge in [0, 0.05) is 18.4 Å². The molecule has 4 N–H and O–H groups in total. The number of piperidine rings is 1. The zero-order valence-corrected chi connectivity index (χ0v) is 16.4. The van der Waals surface area contributed by atoms with Crippen LogP contribution in [0.1, 0.15) is 29.2 Å². The number of benzene rings is 1. The minimum atomic E-state index is -4.72. The van der Waals surface area contributed by atoms with Gasteiger partial charge in [0.25, 0.3) is 5.91 Å². The first kappa shape index (κ1) is 22.9. The highest BCUT2D eigenvalue weighted by Gasteiger charge is 2.47. The first-order chi connectivity index (χ1) is 15.0. The molecule has 9 nitrogen and oxygen atoms in total. The molecule has 2 heterocycles. The topological polar surface area (TPSA) is 137 Å². The highest BCUT2D eigenvalue weighted by molar-refractivity contribution is 5.98. The van der Waals surface area contributed by atoms with Gasteiger partial charge in [0.2, 0.25) is 0 Å². The number of hydrogen-bond donors (Lipinski definition) is 3. The number of nitriles is 1. The lowest BCUT2D eigenvalue weighted by Crippen LogP contribution is -2.53. The van der Waals surface area contributed by atoms with E-state index in [-0.39, 0.29) is 24.3 Å². The van der Waals surface area contributed by atoms with Gasteiger partial charge in [-0.1, -0.05) is 0 Å². The van der Waals surface area contributed by atoms with Crippen LogP contribution in [0.3, 0.4) is 0 Å². The fourth-order valence-corrected chi connectivity index (χ4v) is 3.76. The van der Waals surface area contributed by atoms with Crippen LogP contribution < -0.4 is 11.1 Å². The van der Waals surface area contributed by atoms with Crippen LogP contribution in [0.25, 0.3) is 0 Å². The molecule has 0 bridgehead atoms. The van der Waals surface area contributed by atoms with Crippen LogP contribution in [0.15, 0.2) is 30.5 Å². The van der Waals surface area contributed by atoms with Crippen molar-refractivity contribution in [2.24, 2.45) is 11.7 Å². The maximum atomic E-state index is 13.3. The second kappa shape index (κ2) is 8.74. The summed E-state index contributed by atoms with van der Waals surface area (Å²) < 4.78 is 54.0. The number of halogens is 4. The van der Waals surface area contributed by atoms with Gasteiger partial charge < -0.3 is 21.1 Å². The number of hydrogen-bond acceptors (Lipinski definition) is 5. The molecule has 3 atom stereocenters. The fourth-order valence-electron chi connectivity index (χ4n) is 3.76.